The molecule has 4 fully saturated rings. The Bertz CT molecular complexity index is 406. The van der Waals surface area contributed by atoms with Gasteiger partial charge in [-0.15, -0.1) is 0 Å². The lowest BCUT2D eigenvalue weighted by atomic mass is 9.47. The summed E-state index contributed by atoms with van der Waals surface area (Å²) >= 11 is 3.96. The number of ether oxygens (including phenoxy) is 1. The molecule has 0 heterocycles. The smallest absolute Gasteiger partial charge is 0.316 e. The van der Waals surface area contributed by atoms with Crippen LogP contribution < -0.4 is 5.11 Å². The monoisotopic (exact) mass is 283 g/mol. The van der Waals surface area contributed by atoms with Gasteiger partial charge in [0.25, 0.3) is 0 Å². The van der Waals surface area contributed by atoms with E-state index < -0.39 is 11.6 Å². The van der Waals surface area contributed by atoms with Crippen LogP contribution in [0.4, 0.5) is 0 Å². The Hall–Kier alpha value is -0.710. The zero-order chi connectivity index (χ0) is 13.7. The van der Waals surface area contributed by atoms with Crippen molar-refractivity contribution in [2.45, 2.75) is 50.5 Å². The largest absolute Gasteiger partial charge is 0.550 e. The quantitative estimate of drug-likeness (QED) is 0.616. The Kier molecular flexibility index (Phi) is 3.08. The molecule has 4 saturated carbocycles. The van der Waals surface area contributed by atoms with Crippen LogP contribution in [0.3, 0.4) is 0 Å². The molecular weight excluding hydrogens is 264 g/mol. The summed E-state index contributed by atoms with van der Waals surface area (Å²) in [4.78, 5) is 22.6. The number of aliphatic carboxylic acids is 1. The van der Waals surface area contributed by atoms with Crippen LogP contribution in [0.5, 0.6) is 0 Å². The van der Waals surface area contributed by atoms with Gasteiger partial charge >= 0.3 is 5.97 Å². The topological polar surface area (TPSA) is 66.4 Å². The molecule has 0 spiro atoms. The van der Waals surface area contributed by atoms with Crippen LogP contribution in [0.1, 0.15) is 44.9 Å². The van der Waals surface area contributed by atoms with Crippen LogP contribution in [-0.2, 0) is 14.3 Å². The molecule has 0 aromatic heterocycles. The van der Waals surface area contributed by atoms with Crippen molar-refractivity contribution in [3.63, 3.8) is 0 Å². The number of rotatable bonds is 4. The lowest BCUT2D eigenvalue weighted by Gasteiger charge is -2.61. The molecule has 4 nitrogen and oxygen atoms in total. The van der Waals surface area contributed by atoms with Crippen LogP contribution >= 0.6 is 12.6 Å². The fraction of sp³-hybridized carbons (Fsp3) is 0.857. The Balaban J connectivity index is 1.84. The standard InChI is InChI=1S/C14H20O4S/c15-11(16)6-13-2-9-1-10(3-13)5-14(4-9,8-13)18-12(17)7-19/h9-10,19H,1-8H2,(H,15,16)/p-1. The average Bonchev–Trinajstić information content (AvgIpc) is 2.24. The zero-order valence-electron chi connectivity index (χ0n) is 10.9. The fourth-order valence-corrected chi connectivity index (χ4v) is 5.34. The summed E-state index contributed by atoms with van der Waals surface area (Å²) in [5.41, 5.74) is -0.612. The zero-order valence-corrected chi connectivity index (χ0v) is 11.8. The van der Waals surface area contributed by atoms with Crippen LogP contribution in [0.2, 0.25) is 0 Å². The molecule has 4 rings (SSSR count). The van der Waals surface area contributed by atoms with Gasteiger partial charge in [-0.05, 0) is 62.2 Å². The van der Waals surface area contributed by atoms with E-state index in [4.69, 9.17) is 4.74 Å². The van der Waals surface area contributed by atoms with E-state index in [-0.39, 0.29) is 23.6 Å². The second-order valence-corrected chi connectivity index (χ2v) is 7.14. The Labute approximate surface area is 118 Å². The van der Waals surface area contributed by atoms with E-state index in [1.54, 1.807) is 0 Å². The number of carboxylic acid groups (broad SMARTS) is 1. The third-order valence-electron chi connectivity index (χ3n) is 5.11. The highest BCUT2D eigenvalue weighted by Gasteiger charge is 2.59. The lowest BCUT2D eigenvalue weighted by molar-refractivity contribution is -0.311. The molecule has 4 aliphatic rings. The van der Waals surface area contributed by atoms with Gasteiger partial charge in [0.05, 0.1) is 5.75 Å². The van der Waals surface area contributed by atoms with Gasteiger partial charge in [-0.1, -0.05) is 0 Å². The van der Waals surface area contributed by atoms with Crippen molar-refractivity contribution in [3.05, 3.63) is 0 Å². The van der Waals surface area contributed by atoms with Crippen molar-refractivity contribution in [1.29, 1.82) is 0 Å². The van der Waals surface area contributed by atoms with Crippen molar-refractivity contribution in [2.75, 3.05) is 5.75 Å². The van der Waals surface area contributed by atoms with Gasteiger partial charge in [-0.3, -0.25) is 4.79 Å². The molecule has 19 heavy (non-hydrogen) atoms. The van der Waals surface area contributed by atoms with Crippen molar-refractivity contribution >= 4 is 24.6 Å². The van der Waals surface area contributed by atoms with Crippen molar-refractivity contribution in [2.24, 2.45) is 17.3 Å². The molecule has 0 amide bonds. The number of hydrogen-bond donors (Lipinski definition) is 1. The normalized spacial score (nSPS) is 43.2. The summed E-state index contributed by atoms with van der Waals surface area (Å²) in [6, 6.07) is 0. The van der Waals surface area contributed by atoms with Gasteiger partial charge in [0.2, 0.25) is 0 Å². The van der Waals surface area contributed by atoms with Crippen LogP contribution in [0.25, 0.3) is 0 Å². The molecule has 2 atom stereocenters. The second-order valence-electron chi connectivity index (χ2n) is 6.83. The Morgan fingerprint density at radius 2 is 1.84 bits per heavy atom. The van der Waals surface area contributed by atoms with Crippen molar-refractivity contribution in [1.82, 2.24) is 0 Å². The predicted octanol–water partition coefficient (Wildman–Crippen LogP) is 0.938. The highest BCUT2D eigenvalue weighted by molar-refractivity contribution is 7.81. The van der Waals surface area contributed by atoms with Crippen LogP contribution in [0, 0.1) is 17.3 Å². The van der Waals surface area contributed by atoms with Gasteiger partial charge in [0, 0.05) is 5.97 Å². The molecule has 2 unspecified atom stereocenters. The lowest BCUT2D eigenvalue weighted by Crippen LogP contribution is -2.58. The minimum Gasteiger partial charge on any atom is -0.550 e. The summed E-state index contributed by atoms with van der Waals surface area (Å²) < 4.78 is 5.68. The van der Waals surface area contributed by atoms with E-state index in [1.807, 2.05) is 0 Å². The molecule has 4 aliphatic carbocycles. The summed E-state index contributed by atoms with van der Waals surface area (Å²) in [6.07, 6.45) is 5.68. The Morgan fingerprint density at radius 3 is 2.37 bits per heavy atom. The van der Waals surface area contributed by atoms with Gasteiger partial charge in [-0.25, -0.2) is 0 Å². The molecule has 0 aliphatic heterocycles. The number of carboxylic acids is 1. The highest BCUT2D eigenvalue weighted by Crippen LogP contribution is 2.63. The molecule has 5 heteroatoms. The van der Waals surface area contributed by atoms with Gasteiger partial charge in [0.15, 0.2) is 0 Å². The minimum absolute atomic E-state index is 0.0879. The summed E-state index contributed by atoms with van der Waals surface area (Å²) in [7, 11) is 0. The SMILES string of the molecule is O=C([O-])CC12CC3CC(C1)CC(OC(=O)CS)(C3)C2. The van der Waals surface area contributed by atoms with E-state index >= 15 is 0 Å². The maximum absolute atomic E-state index is 11.6. The molecule has 0 aromatic carbocycles. The number of thiol groups is 1. The van der Waals surface area contributed by atoms with Gasteiger partial charge in [-0.2, -0.15) is 12.6 Å². The Morgan fingerprint density at radius 1 is 1.21 bits per heavy atom. The summed E-state index contributed by atoms with van der Waals surface area (Å²) in [5.74, 6) is -0.155. The average molecular weight is 283 g/mol. The summed E-state index contributed by atoms with van der Waals surface area (Å²) in [6.45, 7) is 0. The first kappa shape index (κ1) is 13.3. The molecule has 106 valence electrons. The van der Waals surface area contributed by atoms with Crippen LogP contribution in [-0.4, -0.2) is 23.3 Å². The molecule has 4 bridgehead atoms. The minimum atomic E-state index is -0.974. The third-order valence-corrected chi connectivity index (χ3v) is 5.37. The number of hydrogen-bond acceptors (Lipinski definition) is 5. The second kappa shape index (κ2) is 4.40. The van der Waals surface area contributed by atoms with E-state index in [2.05, 4.69) is 12.6 Å². The molecule has 0 radical (unpaired) electrons. The van der Waals surface area contributed by atoms with E-state index in [0.29, 0.717) is 18.3 Å². The van der Waals surface area contributed by atoms with Crippen LogP contribution in [0.15, 0.2) is 0 Å². The predicted molar refractivity (Wildman–Crippen MR) is 69.4 cm³/mol. The van der Waals surface area contributed by atoms with E-state index in [9.17, 15) is 14.7 Å². The van der Waals surface area contributed by atoms with Crippen molar-refractivity contribution in [3.8, 4) is 0 Å². The first-order chi connectivity index (χ1) is 8.94. The maximum Gasteiger partial charge on any atom is 0.316 e. The number of carbonyl (C=O) groups excluding carboxylic acids is 2. The van der Waals surface area contributed by atoms with E-state index in [1.165, 1.54) is 0 Å². The fourth-order valence-electron chi connectivity index (χ4n) is 5.27. The molecule has 0 N–H and O–H groups in total. The maximum atomic E-state index is 11.6. The van der Waals surface area contributed by atoms with Gasteiger partial charge in [0.1, 0.15) is 5.60 Å². The third kappa shape index (κ3) is 2.37. The highest BCUT2D eigenvalue weighted by atomic mass is 32.1. The number of carbonyl (C=O) groups is 2. The van der Waals surface area contributed by atoms with Crippen molar-refractivity contribution < 1.29 is 19.4 Å². The molecule has 0 saturated heterocycles. The number of esters is 1. The molecular formula is C14H19O4S-. The van der Waals surface area contributed by atoms with Gasteiger partial charge < -0.3 is 14.6 Å². The first-order valence-corrected chi connectivity index (χ1v) is 7.60. The molecule has 0 aromatic rings. The van der Waals surface area contributed by atoms with E-state index in [0.717, 1.165) is 32.1 Å². The first-order valence-electron chi connectivity index (χ1n) is 6.97. The summed E-state index contributed by atoms with van der Waals surface area (Å²) in [5, 5.41) is 11.0.